The molecule has 6 heteroatoms. The molecule has 1 atom stereocenters. The molecule has 0 aliphatic carbocycles. The summed E-state index contributed by atoms with van der Waals surface area (Å²) in [5.41, 5.74) is 13.0. The summed E-state index contributed by atoms with van der Waals surface area (Å²) in [5, 5.41) is 12.3. The number of methoxy groups -OCH3 is 2. The van der Waals surface area contributed by atoms with Gasteiger partial charge in [0.05, 0.1) is 32.3 Å². The molecule has 1 unspecified atom stereocenters. The molecule has 0 aromatic heterocycles. The number of fused-ring (bicyclic) bond motifs is 1. The van der Waals surface area contributed by atoms with Gasteiger partial charge in [0, 0.05) is 34.6 Å². The van der Waals surface area contributed by atoms with Crippen molar-refractivity contribution in [3.05, 3.63) is 88.0 Å². The highest BCUT2D eigenvalue weighted by atomic mass is 16.5. The van der Waals surface area contributed by atoms with Crippen LogP contribution in [0.1, 0.15) is 41.2 Å². The molecular weight excluding hydrogens is 438 g/mol. The highest BCUT2D eigenvalue weighted by Crippen LogP contribution is 2.52. The van der Waals surface area contributed by atoms with Crippen LogP contribution >= 0.6 is 0 Å². The number of rotatable bonds is 7. The van der Waals surface area contributed by atoms with Crippen LogP contribution in [0.15, 0.2) is 60.2 Å². The zero-order valence-electron chi connectivity index (χ0n) is 20.9. The first-order chi connectivity index (χ1) is 16.9. The number of hydrogen-bond donors (Lipinski definition) is 2. The molecule has 0 fully saturated rings. The lowest BCUT2D eigenvalue weighted by atomic mass is 9.74. The van der Waals surface area contributed by atoms with Gasteiger partial charge in [-0.1, -0.05) is 12.1 Å². The molecule has 0 saturated heterocycles. The van der Waals surface area contributed by atoms with Crippen LogP contribution in [0.4, 0.5) is 5.69 Å². The Hall–Kier alpha value is -4.11. The lowest BCUT2D eigenvalue weighted by molar-refractivity contribution is 0.141. The van der Waals surface area contributed by atoms with Crippen molar-refractivity contribution in [2.45, 2.75) is 32.8 Å². The second-order valence-corrected chi connectivity index (χ2v) is 8.70. The van der Waals surface area contributed by atoms with Gasteiger partial charge < -0.3 is 25.3 Å². The Kier molecular flexibility index (Phi) is 6.61. The number of para-hydroxylation sites is 1. The average molecular weight is 470 g/mol. The normalized spacial score (nSPS) is 16.7. The second kappa shape index (κ2) is 9.63. The standard InChI is InChI=1S/C29H31N3O3/c1-18-16-25(32-14-8-13-30)19(2)15-23(18)29(24-17-21(33-4)11-12-27(24)34-5)20(3)28(31)22-9-6-7-10-26(22)35-29/h6-7,9-12,15-17,32H,8,14,31H2,1-5H3. The lowest BCUT2D eigenvalue weighted by Gasteiger charge is -2.42. The maximum atomic E-state index is 8.92. The van der Waals surface area contributed by atoms with Gasteiger partial charge in [-0.3, -0.25) is 0 Å². The zero-order chi connectivity index (χ0) is 25.2. The number of aryl methyl sites for hydroxylation is 2. The van der Waals surface area contributed by atoms with Crippen molar-refractivity contribution in [1.29, 1.82) is 5.26 Å². The van der Waals surface area contributed by atoms with Crippen LogP contribution in [-0.2, 0) is 5.60 Å². The first-order valence-electron chi connectivity index (χ1n) is 11.6. The van der Waals surface area contributed by atoms with Crippen LogP contribution in [0.25, 0.3) is 5.70 Å². The minimum Gasteiger partial charge on any atom is -0.497 e. The predicted molar refractivity (Wildman–Crippen MR) is 139 cm³/mol. The van der Waals surface area contributed by atoms with Gasteiger partial charge in [0.15, 0.2) is 5.60 Å². The summed E-state index contributed by atoms with van der Waals surface area (Å²) in [4.78, 5) is 0. The molecule has 0 spiro atoms. The Bertz CT molecular complexity index is 1340. The minimum absolute atomic E-state index is 0.434. The summed E-state index contributed by atoms with van der Waals surface area (Å²) in [6.45, 7) is 6.71. The molecular formula is C29H31N3O3. The fraction of sp³-hybridized carbons (Fsp3) is 0.276. The van der Waals surface area contributed by atoms with Crippen molar-refractivity contribution in [3.8, 4) is 23.3 Å². The van der Waals surface area contributed by atoms with E-state index in [1.165, 1.54) is 0 Å². The van der Waals surface area contributed by atoms with Crippen molar-refractivity contribution in [3.63, 3.8) is 0 Å². The van der Waals surface area contributed by atoms with Crippen molar-refractivity contribution < 1.29 is 14.2 Å². The Morgan fingerprint density at radius 2 is 1.74 bits per heavy atom. The summed E-state index contributed by atoms with van der Waals surface area (Å²) in [6.07, 6.45) is 0.434. The fourth-order valence-corrected chi connectivity index (χ4v) is 4.80. The molecule has 1 heterocycles. The van der Waals surface area contributed by atoms with Gasteiger partial charge in [0.2, 0.25) is 0 Å². The van der Waals surface area contributed by atoms with E-state index in [9.17, 15) is 0 Å². The van der Waals surface area contributed by atoms with Crippen molar-refractivity contribution >= 4 is 11.4 Å². The first kappa shape index (κ1) is 24.0. The number of nitrogens with two attached hydrogens (primary N) is 1. The molecule has 0 radical (unpaired) electrons. The third-order valence-corrected chi connectivity index (χ3v) is 6.66. The second-order valence-electron chi connectivity index (χ2n) is 8.70. The maximum Gasteiger partial charge on any atom is 0.186 e. The fourth-order valence-electron chi connectivity index (χ4n) is 4.80. The van der Waals surface area contributed by atoms with E-state index >= 15 is 0 Å². The van der Waals surface area contributed by atoms with Gasteiger partial charge in [0.1, 0.15) is 17.2 Å². The van der Waals surface area contributed by atoms with Crippen molar-refractivity contribution in [2.75, 3.05) is 26.1 Å². The molecule has 0 bridgehead atoms. The summed E-state index contributed by atoms with van der Waals surface area (Å²) in [6, 6.07) is 19.9. The largest absolute Gasteiger partial charge is 0.497 e. The molecule has 3 aromatic rings. The smallest absolute Gasteiger partial charge is 0.186 e. The van der Waals surface area contributed by atoms with Crippen molar-refractivity contribution in [1.82, 2.24) is 0 Å². The van der Waals surface area contributed by atoms with E-state index in [1.54, 1.807) is 14.2 Å². The Morgan fingerprint density at radius 3 is 2.46 bits per heavy atom. The minimum atomic E-state index is -1.04. The summed E-state index contributed by atoms with van der Waals surface area (Å²) in [7, 11) is 3.29. The van der Waals surface area contributed by atoms with Crippen LogP contribution in [0, 0.1) is 25.2 Å². The number of nitrogens with zero attached hydrogens (tertiary/aromatic N) is 1. The number of ether oxygens (including phenoxy) is 3. The van der Waals surface area contributed by atoms with Crippen LogP contribution in [0.5, 0.6) is 17.2 Å². The van der Waals surface area contributed by atoms with Crippen LogP contribution in [0.2, 0.25) is 0 Å². The van der Waals surface area contributed by atoms with E-state index in [1.807, 2.05) is 56.3 Å². The number of nitrogens with one attached hydrogen (secondary N) is 1. The van der Waals surface area contributed by atoms with Gasteiger partial charge >= 0.3 is 0 Å². The third-order valence-electron chi connectivity index (χ3n) is 6.66. The molecule has 1 aliphatic heterocycles. The highest BCUT2D eigenvalue weighted by Gasteiger charge is 2.47. The molecule has 1 aliphatic rings. The van der Waals surface area contributed by atoms with Crippen molar-refractivity contribution in [2.24, 2.45) is 5.73 Å². The lowest BCUT2D eigenvalue weighted by Crippen LogP contribution is -2.41. The predicted octanol–water partition coefficient (Wildman–Crippen LogP) is 5.67. The summed E-state index contributed by atoms with van der Waals surface area (Å²) in [5.74, 6) is 2.07. The topological polar surface area (TPSA) is 89.5 Å². The maximum absolute atomic E-state index is 8.92. The van der Waals surface area contributed by atoms with E-state index < -0.39 is 5.60 Å². The van der Waals surface area contributed by atoms with E-state index in [0.29, 0.717) is 35.9 Å². The quantitative estimate of drug-likeness (QED) is 0.433. The summed E-state index contributed by atoms with van der Waals surface area (Å²) < 4.78 is 18.4. The van der Waals surface area contributed by atoms with Gasteiger partial charge in [-0.25, -0.2) is 0 Å². The molecule has 35 heavy (non-hydrogen) atoms. The van der Waals surface area contributed by atoms with Crippen LogP contribution in [0.3, 0.4) is 0 Å². The SMILES string of the molecule is COc1ccc(OC)c(C2(c3cc(C)c(NCCC#N)cc3C)Oc3ccccc3C(N)=C2C)c1. The molecule has 3 aromatic carbocycles. The van der Waals surface area contributed by atoms with Gasteiger partial charge in [-0.15, -0.1) is 0 Å². The first-order valence-corrected chi connectivity index (χ1v) is 11.6. The Morgan fingerprint density at radius 1 is 0.971 bits per heavy atom. The molecule has 4 rings (SSSR count). The number of nitriles is 1. The van der Waals surface area contributed by atoms with E-state index in [-0.39, 0.29) is 0 Å². The Labute approximate surface area is 206 Å². The van der Waals surface area contributed by atoms with E-state index in [2.05, 4.69) is 30.4 Å². The van der Waals surface area contributed by atoms with Gasteiger partial charge in [-0.2, -0.15) is 5.26 Å². The highest BCUT2D eigenvalue weighted by molar-refractivity contribution is 5.78. The number of benzene rings is 3. The Balaban J connectivity index is 2.04. The summed E-state index contributed by atoms with van der Waals surface area (Å²) >= 11 is 0. The number of anilines is 1. The average Bonchev–Trinajstić information content (AvgIpc) is 2.88. The molecule has 0 amide bonds. The van der Waals surface area contributed by atoms with Gasteiger partial charge in [0.25, 0.3) is 0 Å². The zero-order valence-corrected chi connectivity index (χ0v) is 20.9. The third kappa shape index (κ3) is 4.04. The molecule has 180 valence electrons. The monoisotopic (exact) mass is 469 g/mol. The van der Waals surface area contributed by atoms with Crippen LogP contribution < -0.4 is 25.3 Å². The molecule has 6 nitrogen and oxygen atoms in total. The van der Waals surface area contributed by atoms with E-state index in [0.717, 1.165) is 39.1 Å². The number of hydrogen-bond acceptors (Lipinski definition) is 6. The molecule has 0 saturated carbocycles. The van der Waals surface area contributed by atoms with E-state index in [4.69, 9.17) is 25.2 Å². The van der Waals surface area contributed by atoms with Gasteiger partial charge in [-0.05, 0) is 74.4 Å². The molecule has 3 N–H and O–H groups in total. The van der Waals surface area contributed by atoms with Crippen LogP contribution in [-0.4, -0.2) is 20.8 Å².